The fraction of sp³-hybridized carbons (Fsp3) is 0.300. The van der Waals surface area contributed by atoms with Gasteiger partial charge in [-0.05, 0) is 0 Å². The normalized spacial score (nSPS) is 15.8. The Balaban J connectivity index is 2.77. The van der Waals surface area contributed by atoms with Gasteiger partial charge >= 0.3 is 6.18 Å². The van der Waals surface area contributed by atoms with E-state index in [4.69, 9.17) is 46.4 Å². The van der Waals surface area contributed by atoms with Crippen LogP contribution in [0, 0.1) is 0 Å². The number of alkyl halides is 3. The van der Waals surface area contributed by atoms with Crippen LogP contribution >= 0.6 is 67.4 Å². The maximum Gasteiger partial charge on any atom is 0.438 e. The van der Waals surface area contributed by atoms with E-state index in [2.05, 4.69) is 0 Å². The maximum atomic E-state index is 13.1. The molecule has 0 aliphatic carbocycles. The van der Waals surface area contributed by atoms with Crippen molar-refractivity contribution in [1.29, 1.82) is 0 Å². The van der Waals surface area contributed by atoms with Gasteiger partial charge in [-0.3, -0.25) is 0 Å². The summed E-state index contributed by atoms with van der Waals surface area (Å²) in [4.78, 5) is 0.999. The first-order chi connectivity index (χ1) is 9.07. The van der Waals surface area contributed by atoms with Crippen molar-refractivity contribution in [2.24, 2.45) is 0 Å². The number of benzene rings is 1. The molecule has 0 unspecified atom stereocenters. The van der Waals surface area contributed by atoms with Crippen molar-refractivity contribution >= 4 is 82.4 Å². The summed E-state index contributed by atoms with van der Waals surface area (Å²) in [6.45, 7) is 0. The van der Waals surface area contributed by atoms with Crippen molar-refractivity contribution in [3.8, 4) is 0 Å². The topological polar surface area (TPSA) is 6.48 Å². The summed E-state index contributed by atoms with van der Waals surface area (Å²) in [5, 5.41) is 0.0398. The summed E-state index contributed by atoms with van der Waals surface area (Å²) in [7, 11) is 2.82. The van der Waals surface area contributed by atoms with Gasteiger partial charge in [0.25, 0.3) is 0 Å². The maximum absolute atomic E-state index is 13.1. The molecule has 0 N–H and O–H groups in total. The zero-order valence-electron chi connectivity index (χ0n) is 9.92. The second-order valence-corrected chi connectivity index (χ2v) is 8.33. The summed E-state index contributed by atoms with van der Waals surface area (Å²) in [6.07, 6.45) is -4.43. The molecule has 0 bridgehead atoms. The van der Waals surface area contributed by atoms with Gasteiger partial charge < -0.3 is 8.01 Å². The molecule has 0 spiro atoms. The molecular formula is C10H6Cl4F3IN2. The van der Waals surface area contributed by atoms with E-state index in [0.717, 1.165) is 4.90 Å². The third kappa shape index (κ3) is 2.58. The van der Waals surface area contributed by atoms with Gasteiger partial charge in [0, 0.05) is 35.1 Å². The van der Waals surface area contributed by atoms with Crippen LogP contribution in [0.5, 0.6) is 0 Å². The molecule has 1 aliphatic heterocycles. The number of rotatable bonds is 0. The quantitative estimate of drug-likeness (QED) is 0.202. The van der Waals surface area contributed by atoms with Crippen LogP contribution in [0.15, 0.2) is 0 Å². The Kier molecular flexibility index (Phi) is 4.63. The van der Waals surface area contributed by atoms with E-state index >= 15 is 0 Å². The second kappa shape index (κ2) is 5.53. The lowest BCUT2D eigenvalue weighted by molar-refractivity contribution is -0.0570. The Hall–Kier alpha value is 0.370. The number of nitrogens with zero attached hydrogens (tertiary/aromatic N) is 2. The molecule has 0 saturated heterocycles. The molecule has 1 aromatic carbocycles. The first-order valence-corrected chi connectivity index (χ1v) is 8.55. The molecule has 2 nitrogen and oxygen atoms in total. The van der Waals surface area contributed by atoms with Crippen molar-refractivity contribution in [1.82, 2.24) is 0 Å². The second-order valence-electron chi connectivity index (χ2n) is 3.86. The minimum Gasteiger partial charge on any atom is -0.332 e. The van der Waals surface area contributed by atoms with Gasteiger partial charge in [-0.15, -0.1) is 0 Å². The Labute approximate surface area is 143 Å². The van der Waals surface area contributed by atoms with Crippen molar-refractivity contribution in [3.05, 3.63) is 20.1 Å². The van der Waals surface area contributed by atoms with Gasteiger partial charge in [0.1, 0.15) is 0 Å². The van der Waals surface area contributed by atoms with E-state index in [-0.39, 0.29) is 25.8 Å². The molecule has 1 heterocycles. The van der Waals surface area contributed by atoms with Gasteiger partial charge in [0.05, 0.1) is 31.5 Å². The van der Waals surface area contributed by atoms with Crippen LogP contribution in [0.25, 0.3) is 0 Å². The summed E-state index contributed by atoms with van der Waals surface area (Å²) >= 11 is 22.5. The summed E-state index contributed by atoms with van der Waals surface area (Å²) in [5.41, 5.74) is 0.487. The van der Waals surface area contributed by atoms with Crippen LogP contribution < -0.4 is 8.01 Å². The standard InChI is InChI=1S/C10H6Cl4F3IN2/c1-19-7-5(13)3(11)4(12)6(14)8(7)20(2)18-9(19)10(15,16)17/h1-2H3. The van der Waals surface area contributed by atoms with Crippen molar-refractivity contribution < 1.29 is 13.2 Å². The van der Waals surface area contributed by atoms with Crippen LogP contribution in [0.1, 0.15) is 0 Å². The lowest BCUT2D eigenvalue weighted by atomic mass is 10.2. The number of fused-ring (bicyclic) bond motifs is 1. The van der Waals surface area contributed by atoms with Crippen molar-refractivity contribution in [2.45, 2.75) is 6.18 Å². The molecule has 0 atom stereocenters. The molecule has 0 amide bonds. The zero-order valence-corrected chi connectivity index (χ0v) is 15.1. The van der Waals surface area contributed by atoms with Crippen LogP contribution in [0.2, 0.25) is 20.1 Å². The molecule has 112 valence electrons. The smallest absolute Gasteiger partial charge is 0.332 e. The van der Waals surface area contributed by atoms with Gasteiger partial charge in [-0.2, -0.15) is 13.2 Å². The summed E-state index contributed by atoms with van der Waals surface area (Å²) in [6, 6.07) is 0. The Morgan fingerprint density at radius 3 is 1.75 bits per heavy atom. The average Bonchev–Trinajstić information content (AvgIpc) is 2.34. The number of anilines is 2. The van der Waals surface area contributed by atoms with Crippen LogP contribution in [0.4, 0.5) is 24.5 Å². The van der Waals surface area contributed by atoms with Crippen molar-refractivity contribution in [3.63, 3.8) is 0 Å². The first kappa shape index (κ1) is 16.7. The number of hydrogen-bond acceptors (Lipinski definition) is 2. The van der Waals surface area contributed by atoms with Crippen LogP contribution in [-0.4, -0.2) is 23.9 Å². The lowest BCUT2D eigenvalue weighted by Gasteiger charge is -2.35. The third-order valence-electron chi connectivity index (χ3n) is 2.60. The Morgan fingerprint density at radius 1 is 0.850 bits per heavy atom. The lowest BCUT2D eigenvalue weighted by Crippen LogP contribution is -2.41. The monoisotopic (exact) mass is 478 g/mol. The third-order valence-corrected chi connectivity index (χ3v) is 7.38. The fourth-order valence-electron chi connectivity index (χ4n) is 1.75. The molecule has 1 aliphatic rings. The Bertz CT molecular complexity index is 618. The summed E-state index contributed by atoms with van der Waals surface area (Å²) in [5.74, 6) is 0. The van der Waals surface area contributed by atoms with Gasteiger partial charge in [-0.1, -0.05) is 46.4 Å². The molecule has 0 aromatic heterocycles. The number of halogens is 8. The highest BCUT2D eigenvalue weighted by Crippen LogP contribution is 2.54. The van der Waals surface area contributed by atoms with E-state index < -0.39 is 30.8 Å². The molecule has 2 rings (SSSR count). The van der Waals surface area contributed by atoms with Gasteiger partial charge in [0.15, 0.2) is 3.63 Å². The van der Waals surface area contributed by atoms with E-state index in [1.165, 1.54) is 17.2 Å². The predicted molar refractivity (Wildman–Crippen MR) is 88.4 cm³/mol. The number of hydrogen-bond donors (Lipinski definition) is 0. The van der Waals surface area contributed by atoms with Crippen LogP contribution in [0.3, 0.4) is 0 Å². The van der Waals surface area contributed by atoms with E-state index in [1.807, 2.05) is 0 Å². The minimum absolute atomic E-state index is 0.0387. The molecule has 10 heteroatoms. The molecule has 0 saturated carbocycles. The minimum atomic E-state index is -4.43. The highest BCUT2D eigenvalue weighted by Gasteiger charge is 2.43. The SMILES string of the molecule is CN1I=C(C(F)(F)F)N(C)c2c(Cl)c(Cl)c(Cl)c(Cl)c21. The van der Waals surface area contributed by atoms with Gasteiger partial charge in [0.2, 0.25) is 0 Å². The Morgan fingerprint density at radius 2 is 1.30 bits per heavy atom. The highest BCUT2D eigenvalue weighted by atomic mass is 127. The first-order valence-electron chi connectivity index (χ1n) is 5.00. The zero-order chi connectivity index (χ0) is 15.4. The largest absolute Gasteiger partial charge is 0.438 e. The molecule has 0 fully saturated rings. The average molecular weight is 480 g/mol. The molecule has 0 radical (unpaired) electrons. The fourth-order valence-corrected chi connectivity index (χ4v) is 5.21. The van der Waals surface area contributed by atoms with E-state index in [9.17, 15) is 13.2 Å². The summed E-state index contributed by atoms with van der Waals surface area (Å²) < 4.78 is 40.0. The van der Waals surface area contributed by atoms with Crippen molar-refractivity contribution in [2.75, 3.05) is 22.1 Å². The van der Waals surface area contributed by atoms with E-state index in [1.54, 1.807) is 0 Å². The van der Waals surface area contributed by atoms with Gasteiger partial charge in [-0.25, -0.2) is 0 Å². The predicted octanol–water partition coefficient (Wildman–Crippen LogP) is 5.76. The van der Waals surface area contributed by atoms with Crippen LogP contribution in [-0.2, 0) is 0 Å². The van der Waals surface area contributed by atoms with E-state index in [0.29, 0.717) is 5.69 Å². The highest BCUT2D eigenvalue weighted by molar-refractivity contribution is 14.2. The molecule has 20 heavy (non-hydrogen) atoms. The molecule has 1 aromatic rings. The molecular weight excluding hydrogens is 474 g/mol.